The molecule has 0 aliphatic heterocycles. The second-order valence-corrected chi connectivity index (χ2v) is 6.28. The normalized spacial score (nSPS) is 11.4. The molecule has 1 aromatic carbocycles. The summed E-state index contributed by atoms with van der Waals surface area (Å²) >= 11 is 1.70. The van der Waals surface area contributed by atoms with E-state index >= 15 is 0 Å². The molecule has 0 fully saturated rings. The number of nitrogens with two attached hydrogens (primary N) is 1. The lowest BCUT2D eigenvalue weighted by Crippen LogP contribution is -2.27. The lowest BCUT2D eigenvalue weighted by Gasteiger charge is -2.26. The van der Waals surface area contributed by atoms with Crippen LogP contribution in [0.1, 0.15) is 25.8 Å². The molecule has 0 saturated heterocycles. The van der Waals surface area contributed by atoms with Crippen LogP contribution in [0.5, 0.6) is 0 Å². The zero-order valence-electron chi connectivity index (χ0n) is 11.5. The number of nitrogens with zero attached hydrogens (tertiary/aromatic N) is 2. The molecule has 0 unspecified atom stereocenters. The van der Waals surface area contributed by atoms with Gasteiger partial charge >= 0.3 is 0 Å². The highest BCUT2D eigenvalue weighted by molar-refractivity contribution is 7.18. The number of aryl methyl sites for hydroxylation is 1. The summed E-state index contributed by atoms with van der Waals surface area (Å²) in [5.41, 5.74) is 9.21. The molecule has 0 amide bonds. The Hall–Kier alpha value is -1.29. The molecule has 0 aliphatic carbocycles. The van der Waals surface area contributed by atoms with Crippen LogP contribution < -0.4 is 10.6 Å². The van der Waals surface area contributed by atoms with Gasteiger partial charge in [-0.05, 0) is 31.9 Å². The zero-order valence-corrected chi connectivity index (χ0v) is 12.3. The Morgan fingerprint density at radius 3 is 2.72 bits per heavy atom. The standard InChI is InChI=1S/C14H21N3S/c1-5-17(8-9(2)3)13-7-12-14(6-11(13)15)18-10(4)16-12/h6-7,9H,5,8,15H2,1-4H3. The van der Waals surface area contributed by atoms with Crippen molar-refractivity contribution in [2.45, 2.75) is 27.7 Å². The molecular formula is C14H21N3S. The van der Waals surface area contributed by atoms with Crippen molar-refractivity contribution in [3.05, 3.63) is 17.1 Å². The van der Waals surface area contributed by atoms with Crippen molar-refractivity contribution >= 4 is 32.9 Å². The minimum absolute atomic E-state index is 0.622. The number of hydrogen-bond acceptors (Lipinski definition) is 4. The SMILES string of the molecule is CCN(CC(C)C)c1cc2nc(C)sc2cc1N. The topological polar surface area (TPSA) is 42.2 Å². The molecule has 98 valence electrons. The van der Waals surface area contributed by atoms with Gasteiger partial charge in [0.2, 0.25) is 0 Å². The molecular weight excluding hydrogens is 242 g/mol. The van der Waals surface area contributed by atoms with Crippen LogP contribution in [0, 0.1) is 12.8 Å². The summed E-state index contributed by atoms with van der Waals surface area (Å²) in [5.74, 6) is 0.622. The minimum Gasteiger partial charge on any atom is -0.397 e. The summed E-state index contributed by atoms with van der Waals surface area (Å²) in [6.45, 7) is 10.6. The number of nitrogen functional groups attached to an aromatic ring is 1. The molecule has 0 bridgehead atoms. The van der Waals surface area contributed by atoms with Gasteiger partial charge in [-0.15, -0.1) is 11.3 Å². The van der Waals surface area contributed by atoms with Gasteiger partial charge in [0.1, 0.15) is 0 Å². The van der Waals surface area contributed by atoms with Crippen molar-refractivity contribution in [1.29, 1.82) is 0 Å². The monoisotopic (exact) mass is 263 g/mol. The molecule has 2 rings (SSSR count). The Morgan fingerprint density at radius 2 is 2.11 bits per heavy atom. The van der Waals surface area contributed by atoms with Gasteiger partial charge in [-0.2, -0.15) is 0 Å². The molecule has 1 heterocycles. The van der Waals surface area contributed by atoms with Crippen molar-refractivity contribution in [2.75, 3.05) is 23.7 Å². The second kappa shape index (κ2) is 5.14. The molecule has 18 heavy (non-hydrogen) atoms. The molecule has 2 aromatic rings. The smallest absolute Gasteiger partial charge is 0.0907 e. The van der Waals surface area contributed by atoms with Gasteiger partial charge in [0, 0.05) is 13.1 Å². The number of anilines is 2. The van der Waals surface area contributed by atoms with E-state index in [1.165, 1.54) is 4.70 Å². The van der Waals surface area contributed by atoms with Crippen molar-refractivity contribution in [1.82, 2.24) is 4.98 Å². The Bertz CT molecular complexity index is 545. The maximum absolute atomic E-state index is 6.19. The summed E-state index contributed by atoms with van der Waals surface area (Å²) in [5, 5.41) is 1.09. The van der Waals surface area contributed by atoms with Gasteiger partial charge in [-0.25, -0.2) is 4.98 Å². The fraction of sp³-hybridized carbons (Fsp3) is 0.500. The fourth-order valence-electron chi connectivity index (χ4n) is 2.21. The summed E-state index contributed by atoms with van der Waals surface area (Å²) < 4.78 is 1.18. The Kier molecular flexibility index (Phi) is 3.76. The number of hydrogen-bond donors (Lipinski definition) is 1. The first-order valence-corrected chi connectivity index (χ1v) is 7.24. The Balaban J connectivity index is 2.44. The maximum Gasteiger partial charge on any atom is 0.0907 e. The highest BCUT2D eigenvalue weighted by Gasteiger charge is 2.12. The van der Waals surface area contributed by atoms with Crippen LogP contribution in [0.15, 0.2) is 12.1 Å². The summed E-state index contributed by atoms with van der Waals surface area (Å²) in [7, 11) is 0. The number of benzene rings is 1. The maximum atomic E-state index is 6.19. The molecule has 0 saturated carbocycles. The average molecular weight is 263 g/mol. The second-order valence-electron chi connectivity index (χ2n) is 5.04. The van der Waals surface area contributed by atoms with Gasteiger partial charge in [0.05, 0.1) is 26.6 Å². The van der Waals surface area contributed by atoms with E-state index in [1.807, 2.05) is 6.92 Å². The predicted molar refractivity (Wildman–Crippen MR) is 81.5 cm³/mol. The molecule has 0 spiro atoms. The van der Waals surface area contributed by atoms with E-state index in [-0.39, 0.29) is 0 Å². The van der Waals surface area contributed by atoms with E-state index < -0.39 is 0 Å². The predicted octanol–water partition coefficient (Wildman–Crippen LogP) is 3.67. The highest BCUT2D eigenvalue weighted by Crippen LogP contribution is 2.32. The van der Waals surface area contributed by atoms with Crippen molar-refractivity contribution in [3.63, 3.8) is 0 Å². The van der Waals surface area contributed by atoms with Crippen molar-refractivity contribution in [3.8, 4) is 0 Å². The van der Waals surface area contributed by atoms with E-state index in [4.69, 9.17) is 5.73 Å². The van der Waals surface area contributed by atoms with Crippen molar-refractivity contribution < 1.29 is 0 Å². The van der Waals surface area contributed by atoms with Gasteiger partial charge in [-0.1, -0.05) is 13.8 Å². The molecule has 2 N–H and O–H groups in total. The van der Waals surface area contributed by atoms with Crippen LogP contribution in [0.25, 0.3) is 10.2 Å². The largest absolute Gasteiger partial charge is 0.397 e. The molecule has 4 heteroatoms. The Labute approximate surface area is 113 Å². The molecule has 3 nitrogen and oxygen atoms in total. The van der Waals surface area contributed by atoms with E-state index in [2.05, 4.69) is 42.8 Å². The molecule has 1 aromatic heterocycles. The van der Waals surface area contributed by atoms with E-state index in [1.54, 1.807) is 11.3 Å². The molecule has 0 atom stereocenters. The van der Waals surface area contributed by atoms with E-state index in [0.717, 1.165) is 35.0 Å². The third kappa shape index (κ3) is 2.58. The van der Waals surface area contributed by atoms with Gasteiger partial charge in [0.25, 0.3) is 0 Å². The van der Waals surface area contributed by atoms with E-state index in [9.17, 15) is 0 Å². The van der Waals surface area contributed by atoms with Crippen molar-refractivity contribution in [2.24, 2.45) is 5.92 Å². The van der Waals surface area contributed by atoms with Crippen LogP contribution in [0.4, 0.5) is 11.4 Å². The number of fused-ring (bicyclic) bond motifs is 1. The van der Waals surface area contributed by atoms with Gasteiger partial charge in [0.15, 0.2) is 0 Å². The van der Waals surface area contributed by atoms with Crippen LogP contribution in [-0.2, 0) is 0 Å². The third-order valence-electron chi connectivity index (χ3n) is 2.95. The first-order valence-electron chi connectivity index (χ1n) is 6.42. The Morgan fingerprint density at radius 1 is 1.39 bits per heavy atom. The number of rotatable bonds is 4. The van der Waals surface area contributed by atoms with Crippen LogP contribution in [0.3, 0.4) is 0 Å². The van der Waals surface area contributed by atoms with Crippen LogP contribution >= 0.6 is 11.3 Å². The van der Waals surface area contributed by atoms with E-state index in [0.29, 0.717) is 5.92 Å². The highest BCUT2D eigenvalue weighted by atomic mass is 32.1. The van der Waals surface area contributed by atoms with Crippen LogP contribution in [-0.4, -0.2) is 18.1 Å². The quantitative estimate of drug-likeness (QED) is 0.856. The summed E-state index contributed by atoms with van der Waals surface area (Å²) in [4.78, 5) is 6.87. The fourth-order valence-corrected chi connectivity index (χ4v) is 3.06. The lowest BCUT2D eigenvalue weighted by atomic mass is 10.1. The first kappa shape index (κ1) is 13.1. The zero-order chi connectivity index (χ0) is 13.3. The lowest BCUT2D eigenvalue weighted by molar-refractivity contribution is 0.619. The number of aromatic nitrogens is 1. The average Bonchev–Trinajstić information content (AvgIpc) is 2.64. The molecule has 0 aliphatic rings. The van der Waals surface area contributed by atoms with Crippen LogP contribution in [0.2, 0.25) is 0 Å². The molecule has 0 radical (unpaired) electrons. The minimum atomic E-state index is 0.622. The summed E-state index contributed by atoms with van der Waals surface area (Å²) in [6.07, 6.45) is 0. The van der Waals surface area contributed by atoms with Gasteiger partial charge in [-0.3, -0.25) is 0 Å². The number of thiazole rings is 1. The third-order valence-corrected chi connectivity index (χ3v) is 3.89. The van der Waals surface area contributed by atoms with Gasteiger partial charge < -0.3 is 10.6 Å². The summed E-state index contributed by atoms with van der Waals surface area (Å²) in [6, 6.07) is 4.18. The first-order chi connectivity index (χ1) is 8.51.